The first-order chi connectivity index (χ1) is 12.0. The van der Waals surface area contributed by atoms with Crippen molar-refractivity contribution in [3.63, 3.8) is 0 Å². The fourth-order valence-electron chi connectivity index (χ4n) is 2.28. The lowest BCUT2D eigenvalue weighted by atomic mass is 10.2. The Morgan fingerprint density at radius 3 is 2.56 bits per heavy atom. The van der Waals surface area contributed by atoms with Crippen LogP contribution in [0.4, 0.5) is 10.3 Å². The van der Waals surface area contributed by atoms with Gasteiger partial charge in [0.2, 0.25) is 5.95 Å². The summed E-state index contributed by atoms with van der Waals surface area (Å²) in [6, 6.07) is 6.07. The Labute approximate surface area is 142 Å². The van der Waals surface area contributed by atoms with Crippen molar-refractivity contribution >= 4 is 12.2 Å². The summed E-state index contributed by atoms with van der Waals surface area (Å²) in [6.07, 6.45) is 1.58. The average molecular weight is 341 g/mol. The maximum Gasteiger partial charge on any atom is 0.274 e. The summed E-state index contributed by atoms with van der Waals surface area (Å²) in [5, 5.41) is 16.0. The van der Waals surface area contributed by atoms with Crippen LogP contribution in [0.5, 0.6) is 0 Å². The minimum Gasteiger partial charge on any atom is -0.288 e. The zero-order valence-electron chi connectivity index (χ0n) is 13.9. The number of aromatic amines is 1. The number of aromatic nitrogens is 5. The van der Waals surface area contributed by atoms with E-state index < -0.39 is 0 Å². The zero-order chi connectivity index (χ0) is 18.0. The molecular formula is C16H16FN7O. The lowest BCUT2D eigenvalue weighted by Gasteiger charge is -2.04. The maximum absolute atomic E-state index is 13.1. The van der Waals surface area contributed by atoms with Crippen molar-refractivity contribution in [1.82, 2.24) is 25.0 Å². The Hall–Kier alpha value is -3.36. The molecule has 0 spiro atoms. The monoisotopic (exact) mass is 341 g/mol. The van der Waals surface area contributed by atoms with Crippen molar-refractivity contribution in [3.05, 3.63) is 63.1 Å². The van der Waals surface area contributed by atoms with E-state index in [4.69, 9.17) is 0 Å². The lowest BCUT2D eigenvalue weighted by molar-refractivity contribution is 0.627. The summed E-state index contributed by atoms with van der Waals surface area (Å²) in [4.78, 5) is 14.0. The molecule has 0 amide bonds. The predicted octanol–water partition coefficient (Wildman–Crippen LogP) is 1.86. The van der Waals surface area contributed by atoms with Crippen LogP contribution in [0.25, 0.3) is 5.69 Å². The first-order valence-electron chi connectivity index (χ1n) is 7.50. The molecule has 0 saturated heterocycles. The van der Waals surface area contributed by atoms with Crippen LogP contribution in [-0.2, 0) is 0 Å². The number of H-pyrrole nitrogens is 1. The highest BCUT2D eigenvalue weighted by Gasteiger charge is 2.11. The van der Waals surface area contributed by atoms with Crippen molar-refractivity contribution in [1.29, 1.82) is 0 Å². The molecule has 128 valence electrons. The minimum atomic E-state index is -0.329. The van der Waals surface area contributed by atoms with Crippen LogP contribution in [0.1, 0.15) is 22.6 Å². The molecule has 25 heavy (non-hydrogen) atoms. The molecule has 0 aliphatic carbocycles. The third-order valence-electron chi connectivity index (χ3n) is 3.64. The molecule has 0 aliphatic heterocycles. The molecule has 0 atom stereocenters. The molecule has 1 aromatic carbocycles. The van der Waals surface area contributed by atoms with Gasteiger partial charge in [0.05, 0.1) is 23.3 Å². The molecule has 8 nitrogen and oxygen atoms in total. The number of hydrogen-bond acceptors (Lipinski definition) is 6. The molecule has 2 heterocycles. The van der Waals surface area contributed by atoms with Crippen LogP contribution in [0.2, 0.25) is 0 Å². The summed E-state index contributed by atoms with van der Waals surface area (Å²) in [5.41, 5.74) is 5.74. The summed E-state index contributed by atoms with van der Waals surface area (Å²) >= 11 is 0. The van der Waals surface area contributed by atoms with Gasteiger partial charge < -0.3 is 0 Å². The maximum atomic E-state index is 13.1. The fourth-order valence-corrected chi connectivity index (χ4v) is 2.28. The first kappa shape index (κ1) is 16.5. The number of hydrogen-bond donors (Lipinski definition) is 2. The Balaban J connectivity index is 1.84. The number of halogens is 1. The van der Waals surface area contributed by atoms with Crippen LogP contribution in [0.3, 0.4) is 0 Å². The van der Waals surface area contributed by atoms with Gasteiger partial charge in [-0.15, -0.1) is 10.2 Å². The zero-order valence-corrected chi connectivity index (χ0v) is 13.9. The average Bonchev–Trinajstić information content (AvgIpc) is 2.87. The molecule has 3 rings (SSSR count). The Kier molecular flexibility index (Phi) is 4.38. The number of benzene rings is 1. The van der Waals surface area contributed by atoms with Gasteiger partial charge in [0.1, 0.15) is 11.5 Å². The molecule has 3 aromatic rings. The fraction of sp³-hybridized carbons (Fsp3) is 0.188. The van der Waals surface area contributed by atoms with E-state index in [2.05, 4.69) is 30.8 Å². The Morgan fingerprint density at radius 1 is 1.16 bits per heavy atom. The topological polar surface area (TPSA) is 101 Å². The molecule has 0 radical (unpaired) electrons. The van der Waals surface area contributed by atoms with E-state index in [1.54, 1.807) is 30.0 Å². The molecule has 0 saturated carbocycles. The van der Waals surface area contributed by atoms with E-state index in [1.807, 2.05) is 13.8 Å². The van der Waals surface area contributed by atoms with E-state index in [0.717, 1.165) is 22.6 Å². The summed E-state index contributed by atoms with van der Waals surface area (Å²) in [5.74, 6) is -0.155. The normalized spacial score (nSPS) is 11.2. The Morgan fingerprint density at radius 2 is 1.88 bits per heavy atom. The van der Waals surface area contributed by atoms with Gasteiger partial charge >= 0.3 is 0 Å². The van der Waals surface area contributed by atoms with E-state index in [-0.39, 0.29) is 23.0 Å². The molecular weight excluding hydrogens is 325 g/mol. The summed E-state index contributed by atoms with van der Waals surface area (Å²) in [6.45, 7) is 5.30. The van der Waals surface area contributed by atoms with E-state index in [1.165, 1.54) is 12.1 Å². The standard InChI is InChI=1S/C16H16FN7O/c1-9-14(8-18-21-16-19-15(25)10(2)20-22-16)11(3)24(23-9)13-6-4-12(17)5-7-13/h4-8H,1-3H3,(H2,19,21,22,25)/b18-8-. The largest absolute Gasteiger partial charge is 0.288 e. The third kappa shape index (κ3) is 3.44. The summed E-state index contributed by atoms with van der Waals surface area (Å²) in [7, 11) is 0. The number of hydrazone groups is 1. The molecule has 9 heteroatoms. The number of aryl methyl sites for hydroxylation is 2. The third-order valence-corrected chi connectivity index (χ3v) is 3.64. The van der Waals surface area contributed by atoms with Gasteiger partial charge in [-0.3, -0.25) is 9.78 Å². The van der Waals surface area contributed by atoms with E-state index in [9.17, 15) is 9.18 Å². The predicted molar refractivity (Wildman–Crippen MR) is 91.6 cm³/mol. The smallest absolute Gasteiger partial charge is 0.274 e. The number of nitrogens with one attached hydrogen (secondary N) is 2. The summed E-state index contributed by atoms with van der Waals surface area (Å²) < 4.78 is 14.8. The van der Waals surface area contributed by atoms with Gasteiger partial charge in [-0.05, 0) is 45.0 Å². The first-order valence-corrected chi connectivity index (χ1v) is 7.50. The van der Waals surface area contributed by atoms with Crippen molar-refractivity contribution in [2.75, 3.05) is 5.43 Å². The van der Waals surface area contributed by atoms with Gasteiger partial charge in [0.15, 0.2) is 0 Å². The van der Waals surface area contributed by atoms with Crippen LogP contribution in [-0.4, -0.2) is 31.2 Å². The number of nitrogens with zero attached hydrogens (tertiary/aromatic N) is 5. The van der Waals surface area contributed by atoms with E-state index in [0.29, 0.717) is 0 Å². The lowest BCUT2D eigenvalue weighted by Crippen LogP contribution is -2.15. The molecule has 2 N–H and O–H groups in total. The highest BCUT2D eigenvalue weighted by molar-refractivity contribution is 5.83. The van der Waals surface area contributed by atoms with Gasteiger partial charge in [-0.1, -0.05) is 0 Å². The SMILES string of the molecule is Cc1nn(-c2ccc(F)cc2)c(C)c1/C=N\Nc1nnc(C)c(=O)[nH]1. The Bertz CT molecular complexity index is 989. The minimum absolute atomic E-state index is 0.146. The quantitative estimate of drug-likeness (QED) is 0.557. The molecule has 0 unspecified atom stereocenters. The van der Waals surface area contributed by atoms with Crippen LogP contribution < -0.4 is 11.0 Å². The van der Waals surface area contributed by atoms with Crippen molar-refractivity contribution in [3.8, 4) is 5.69 Å². The van der Waals surface area contributed by atoms with Crippen molar-refractivity contribution in [2.24, 2.45) is 5.10 Å². The second-order valence-corrected chi connectivity index (χ2v) is 5.43. The van der Waals surface area contributed by atoms with Gasteiger partial charge in [0, 0.05) is 5.56 Å². The second kappa shape index (κ2) is 6.63. The molecule has 2 aromatic heterocycles. The van der Waals surface area contributed by atoms with Gasteiger partial charge in [-0.2, -0.15) is 10.2 Å². The van der Waals surface area contributed by atoms with Crippen molar-refractivity contribution in [2.45, 2.75) is 20.8 Å². The molecule has 0 aliphatic rings. The van der Waals surface area contributed by atoms with Crippen LogP contribution >= 0.6 is 0 Å². The second-order valence-electron chi connectivity index (χ2n) is 5.43. The van der Waals surface area contributed by atoms with E-state index >= 15 is 0 Å². The highest BCUT2D eigenvalue weighted by Crippen LogP contribution is 2.16. The number of rotatable bonds is 4. The van der Waals surface area contributed by atoms with Crippen LogP contribution in [0, 0.1) is 26.6 Å². The van der Waals surface area contributed by atoms with Gasteiger partial charge in [0.25, 0.3) is 5.56 Å². The van der Waals surface area contributed by atoms with Gasteiger partial charge in [-0.25, -0.2) is 14.5 Å². The molecule has 0 bridgehead atoms. The molecule has 0 fully saturated rings. The van der Waals surface area contributed by atoms with Crippen LogP contribution in [0.15, 0.2) is 34.2 Å². The van der Waals surface area contributed by atoms with Crippen molar-refractivity contribution < 1.29 is 4.39 Å². The number of anilines is 1. The highest BCUT2D eigenvalue weighted by atomic mass is 19.1.